The molecule has 102 valence electrons. The molecule has 1 aromatic carbocycles. The smallest absolute Gasteiger partial charge is 0.323 e. The minimum Gasteiger partial charge on any atom is -0.323 e. The second kappa shape index (κ2) is 5.13. The monoisotopic (exact) mass is 287 g/mol. The zero-order valence-electron chi connectivity index (χ0n) is 11.1. The van der Waals surface area contributed by atoms with E-state index in [1.54, 1.807) is 35.2 Å². The van der Waals surface area contributed by atoms with Crippen LogP contribution in [0, 0.1) is 0 Å². The van der Waals surface area contributed by atoms with Gasteiger partial charge < -0.3 is 4.90 Å². The largest absolute Gasteiger partial charge is 0.324 e. The van der Waals surface area contributed by atoms with Crippen molar-refractivity contribution >= 4 is 23.3 Å². The van der Waals surface area contributed by atoms with Gasteiger partial charge in [-0.2, -0.15) is 0 Å². The van der Waals surface area contributed by atoms with Gasteiger partial charge in [0, 0.05) is 24.8 Å². The summed E-state index contributed by atoms with van der Waals surface area (Å²) in [6.07, 6.45) is 1.65. The molecule has 0 spiro atoms. The Bertz CT molecular complexity index is 659. The first kappa shape index (κ1) is 12.9. The molecule has 20 heavy (non-hydrogen) atoms. The topological polar surface area (TPSA) is 36.4 Å². The van der Waals surface area contributed by atoms with E-state index in [0.717, 1.165) is 16.9 Å². The maximum atomic E-state index is 12.4. The van der Waals surface area contributed by atoms with Crippen LogP contribution in [-0.2, 0) is 13.1 Å². The van der Waals surface area contributed by atoms with Gasteiger partial charge in [-0.1, -0.05) is 29.8 Å². The van der Waals surface area contributed by atoms with E-state index in [-0.39, 0.29) is 6.03 Å². The summed E-state index contributed by atoms with van der Waals surface area (Å²) in [6, 6.07) is 11.4. The Labute approximate surface area is 122 Å². The van der Waals surface area contributed by atoms with Crippen molar-refractivity contribution < 1.29 is 4.79 Å². The van der Waals surface area contributed by atoms with Gasteiger partial charge in [-0.3, -0.25) is 9.88 Å². The number of halogens is 1. The van der Waals surface area contributed by atoms with Crippen LogP contribution in [0.15, 0.2) is 42.6 Å². The van der Waals surface area contributed by atoms with Crippen molar-refractivity contribution in [3.63, 3.8) is 0 Å². The van der Waals surface area contributed by atoms with E-state index >= 15 is 0 Å². The average Bonchev–Trinajstić information content (AvgIpc) is 2.44. The van der Waals surface area contributed by atoms with E-state index in [4.69, 9.17) is 11.6 Å². The minimum absolute atomic E-state index is 0.0227. The first-order chi connectivity index (χ1) is 9.65. The molecule has 0 bridgehead atoms. The number of carbonyl (C=O) groups is 1. The summed E-state index contributed by atoms with van der Waals surface area (Å²) in [5.41, 5.74) is 2.85. The molecule has 1 aliphatic rings. The Kier molecular flexibility index (Phi) is 3.32. The van der Waals surface area contributed by atoms with Crippen LogP contribution in [0.3, 0.4) is 0 Å². The summed E-state index contributed by atoms with van der Waals surface area (Å²) in [5.74, 6) is 0. The first-order valence-electron chi connectivity index (χ1n) is 6.36. The first-order valence-corrected chi connectivity index (χ1v) is 6.74. The van der Waals surface area contributed by atoms with Crippen molar-refractivity contribution in [1.82, 2.24) is 9.88 Å². The normalized spacial score (nSPS) is 14.4. The highest BCUT2D eigenvalue weighted by Gasteiger charge is 2.27. The predicted molar refractivity (Wildman–Crippen MR) is 78.7 cm³/mol. The van der Waals surface area contributed by atoms with Gasteiger partial charge in [0.15, 0.2) is 0 Å². The van der Waals surface area contributed by atoms with E-state index in [1.165, 1.54) is 0 Å². The number of hydrogen-bond donors (Lipinski definition) is 0. The molecule has 1 aromatic heterocycles. The average molecular weight is 288 g/mol. The van der Waals surface area contributed by atoms with Crippen LogP contribution < -0.4 is 4.90 Å². The zero-order chi connectivity index (χ0) is 14.1. The summed E-state index contributed by atoms with van der Waals surface area (Å²) in [6.45, 7) is 1.05. The van der Waals surface area contributed by atoms with E-state index in [2.05, 4.69) is 4.98 Å². The number of pyridine rings is 1. The molecule has 0 atom stereocenters. The fourth-order valence-corrected chi connectivity index (χ4v) is 2.57. The van der Waals surface area contributed by atoms with E-state index in [1.807, 2.05) is 24.3 Å². The highest BCUT2D eigenvalue weighted by molar-refractivity contribution is 6.30. The molecule has 3 rings (SSSR count). The molecule has 0 N–H and O–H groups in total. The molecule has 4 nitrogen and oxygen atoms in total. The second-order valence-corrected chi connectivity index (χ2v) is 5.26. The Morgan fingerprint density at radius 1 is 1.30 bits per heavy atom. The summed E-state index contributed by atoms with van der Waals surface area (Å²) in [7, 11) is 1.80. The van der Waals surface area contributed by atoms with Crippen molar-refractivity contribution in [2.24, 2.45) is 0 Å². The summed E-state index contributed by atoms with van der Waals surface area (Å²) in [4.78, 5) is 20.1. The Hall–Kier alpha value is -2.07. The zero-order valence-corrected chi connectivity index (χ0v) is 11.8. The number of rotatable bonds is 2. The van der Waals surface area contributed by atoms with E-state index in [0.29, 0.717) is 18.1 Å². The van der Waals surface area contributed by atoms with Gasteiger partial charge in [0.1, 0.15) is 0 Å². The van der Waals surface area contributed by atoms with Gasteiger partial charge in [-0.15, -0.1) is 0 Å². The molecule has 2 aromatic rings. The number of benzene rings is 1. The number of hydrogen-bond acceptors (Lipinski definition) is 2. The third-order valence-corrected chi connectivity index (χ3v) is 3.58. The van der Waals surface area contributed by atoms with Crippen molar-refractivity contribution in [3.8, 4) is 0 Å². The number of anilines is 1. The molecule has 2 amide bonds. The lowest BCUT2D eigenvalue weighted by atomic mass is 10.1. The number of fused-ring (bicyclic) bond motifs is 1. The van der Waals surface area contributed by atoms with Crippen LogP contribution in [0.25, 0.3) is 0 Å². The molecule has 2 heterocycles. The fourth-order valence-electron chi connectivity index (χ4n) is 2.39. The number of aromatic nitrogens is 1. The SMILES string of the molecule is CN1Cc2ccccc2N(Cc2cc(Cl)ccn2)C1=O. The Balaban J connectivity index is 1.97. The molecular formula is C15H14ClN3O. The van der Waals surface area contributed by atoms with Crippen LogP contribution in [0.5, 0.6) is 0 Å². The molecule has 0 unspecified atom stereocenters. The fraction of sp³-hybridized carbons (Fsp3) is 0.200. The molecule has 0 fully saturated rings. The van der Waals surface area contributed by atoms with Gasteiger partial charge in [-0.05, 0) is 23.8 Å². The van der Waals surface area contributed by atoms with Crippen molar-refractivity contribution in [2.45, 2.75) is 13.1 Å². The molecule has 0 aliphatic carbocycles. The highest BCUT2D eigenvalue weighted by Crippen LogP contribution is 2.29. The van der Waals surface area contributed by atoms with Crippen LogP contribution in [0.1, 0.15) is 11.3 Å². The number of urea groups is 1. The van der Waals surface area contributed by atoms with Gasteiger partial charge in [-0.25, -0.2) is 4.79 Å². The van der Waals surface area contributed by atoms with Crippen LogP contribution in [0.4, 0.5) is 10.5 Å². The minimum atomic E-state index is -0.0227. The molecule has 0 radical (unpaired) electrons. The van der Waals surface area contributed by atoms with Crippen LogP contribution >= 0.6 is 11.6 Å². The molecule has 1 aliphatic heterocycles. The number of carbonyl (C=O) groups excluding carboxylic acids is 1. The number of amides is 2. The lowest BCUT2D eigenvalue weighted by molar-refractivity contribution is 0.210. The lowest BCUT2D eigenvalue weighted by Crippen LogP contribution is -2.44. The highest BCUT2D eigenvalue weighted by atomic mass is 35.5. The van der Waals surface area contributed by atoms with Gasteiger partial charge in [0.05, 0.1) is 17.9 Å². The van der Waals surface area contributed by atoms with Crippen LogP contribution in [0.2, 0.25) is 5.02 Å². The van der Waals surface area contributed by atoms with Crippen molar-refractivity contribution in [3.05, 3.63) is 58.9 Å². The summed E-state index contributed by atoms with van der Waals surface area (Å²) in [5, 5.41) is 0.626. The Morgan fingerprint density at radius 2 is 2.10 bits per heavy atom. The van der Waals surface area contributed by atoms with Crippen molar-refractivity contribution in [2.75, 3.05) is 11.9 Å². The third-order valence-electron chi connectivity index (χ3n) is 3.35. The maximum Gasteiger partial charge on any atom is 0.324 e. The lowest BCUT2D eigenvalue weighted by Gasteiger charge is -2.34. The molecular weight excluding hydrogens is 274 g/mol. The summed E-state index contributed by atoms with van der Waals surface area (Å²) >= 11 is 5.97. The predicted octanol–water partition coefficient (Wildman–Crippen LogP) is 3.31. The Morgan fingerprint density at radius 3 is 2.90 bits per heavy atom. The molecule has 0 saturated heterocycles. The second-order valence-electron chi connectivity index (χ2n) is 4.82. The molecule has 5 heteroatoms. The van der Waals surface area contributed by atoms with E-state index in [9.17, 15) is 4.79 Å². The molecule has 0 saturated carbocycles. The van der Waals surface area contributed by atoms with E-state index < -0.39 is 0 Å². The van der Waals surface area contributed by atoms with Gasteiger partial charge in [0.25, 0.3) is 0 Å². The quantitative estimate of drug-likeness (QED) is 0.850. The number of para-hydroxylation sites is 1. The summed E-state index contributed by atoms with van der Waals surface area (Å²) < 4.78 is 0. The standard InChI is InChI=1S/C15H14ClN3O/c1-18-9-11-4-2-3-5-14(11)19(15(18)20)10-13-8-12(16)6-7-17-13/h2-8H,9-10H2,1H3. The maximum absolute atomic E-state index is 12.4. The number of nitrogens with zero attached hydrogens (tertiary/aromatic N) is 3. The van der Waals surface area contributed by atoms with Crippen LogP contribution in [-0.4, -0.2) is 23.0 Å². The third kappa shape index (κ3) is 2.34. The van der Waals surface area contributed by atoms with Gasteiger partial charge >= 0.3 is 6.03 Å². The van der Waals surface area contributed by atoms with Gasteiger partial charge in [0.2, 0.25) is 0 Å². The van der Waals surface area contributed by atoms with Crippen molar-refractivity contribution in [1.29, 1.82) is 0 Å².